The molecule has 5 nitrogen and oxygen atoms in total. The summed E-state index contributed by atoms with van der Waals surface area (Å²) in [4.78, 5) is 12.1. The number of hydrogen-bond acceptors (Lipinski definition) is 3. The third-order valence-electron chi connectivity index (χ3n) is 3.29. The monoisotopic (exact) mass is 251 g/mol. The van der Waals surface area contributed by atoms with Gasteiger partial charge < -0.3 is 20.4 Å². The van der Waals surface area contributed by atoms with E-state index in [9.17, 15) is 4.79 Å². The van der Waals surface area contributed by atoms with Gasteiger partial charge in [-0.25, -0.2) is 0 Å². The number of amides is 1. The fraction of sp³-hybridized carbons (Fsp3) is 0.615. The van der Waals surface area contributed by atoms with Crippen LogP contribution < -0.4 is 11.1 Å². The van der Waals surface area contributed by atoms with Gasteiger partial charge in [0.05, 0.1) is 11.3 Å². The zero-order valence-electron chi connectivity index (χ0n) is 11.2. The van der Waals surface area contributed by atoms with Crippen LogP contribution in [0.5, 0.6) is 0 Å². The first kappa shape index (κ1) is 13.0. The van der Waals surface area contributed by atoms with E-state index in [1.54, 1.807) is 16.8 Å². The van der Waals surface area contributed by atoms with Crippen LogP contribution in [0.15, 0.2) is 12.3 Å². The van der Waals surface area contributed by atoms with Crippen LogP contribution in [-0.4, -0.2) is 28.7 Å². The molecule has 2 heterocycles. The molecule has 1 atom stereocenters. The Kier molecular flexibility index (Phi) is 3.34. The zero-order chi connectivity index (χ0) is 13.3. The predicted octanol–water partition coefficient (Wildman–Crippen LogP) is 1.29. The molecule has 0 aliphatic carbocycles. The number of ether oxygens (including phenoxy) is 1. The van der Waals surface area contributed by atoms with Crippen LogP contribution >= 0.6 is 0 Å². The molecular formula is C13H21N3O2. The van der Waals surface area contributed by atoms with E-state index in [0.717, 1.165) is 12.8 Å². The molecule has 3 N–H and O–H groups in total. The van der Waals surface area contributed by atoms with Crippen molar-refractivity contribution in [3.63, 3.8) is 0 Å². The highest BCUT2D eigenvalue weighted by molar-refractivity contribution is 5.94. The van der Waals surface area contributed by atoms with Gasteiger partial charge in [-0.2, -0.15) is 0 Å². The minimum atomic E-state index is -0.163. The summed E-state index contributed by atoms with van der Waals surface area (Å²) in [5.74, 6) is -0.0723. The van der Waals surface area contributed by atoms with Gasteiger partial charge in [0, 0.05) is 25.9 Å². The average Bonchev–Trinajstić information content (AvgIpc) is 2.56. The van der Waals surface area contributed by atoms with Crippen LogP contribution in [0.2, 0.25) is 0 Å². The molecule has 1 saturated heterocycles. The third kappa shape index (κ3) is 2.85. The van der Waals surface area contributed by atoms with E-state index in [4.69, 9.17) is 10.5 Å². The Balaban J connectivity index is 2.01. The van der Waals surface area contributed by atoms with Crippen LogP contribution in [0, 0.1) is 0 Å². The Hall–Kier alpha value is -1.49. The van der Waals surface area contributed by atoms with Gasteiger partial charge in [0.25, 0.3) is 5.91 Å². The first-order valence-electron chi connectivity index (χ1n) is 6.24. The highest BCUT2D eigenvalue weighted by atomic mass is 16.5. The second-order valence-electron chi connectivity index (χ2n) is 5.54. The van der Waals surface area contributed by atoms with E-state index in [1.165, 1.54) is 0 Å². The average molecular weight is 251 g/mol. The number of nitrogen functional groups attached to an aromatic ring is 1. The molecule has 1 amide bonds. The van der Waals surface area contributed by atoms with Gasteiger partial charge in [-0.15, -0.1) is 0 Å². The lowest BCUT2D eigenvalue weighted by Gasteiger charge is -2.35. The van der Waals surface area contributed by atoms with Crippen molar-refractivity contribution < 1.29 is 9.53 Å². The van der Waals surface area contributed by atoms with E-state index in [0.29, 0.717) is 18.0 Å². The topological polar surface area (TPSA) is 69.3 Å². The maximum Gasteiger partial charge on any atom is 0.268 e. The quantitative estimate of drug-likeness (QED) is 0.832. The molecule has 0 bridgehead atoms. The first-order valence-corrected chi connectivity index (χ1v) is 6.24. The summed E-state index contributed by atoms with van der Waals surface area (Å²) in [6.45, 7) is 4.78. The van der Waals surface area contributed by atoms with Gasteiger partial charge in [-0.05, 0) is 32.8 Å². The van der Waals surface area contributed by atoms with Crippen molar-refractivity contribution in [1.82, 2.24) is 9.88 Å². The van der Waals surface area contributed by atoms with Gasteiger partial charge in [0.15, 0.2) is 0 Å². The highest BCUT2D eigenvalue weighted by Gasteiger charge is 2.30. The molecule has 0 radical (unpaired) electrons. The maximum absolute atomic E-state index is 12.1. The molecule has 0 aromatic carbocycles. The summed E-state index contributed by atoms with van der Waals surface area (Å²) < 4.78 is 7.38. The fourth-order valence-corrected chi connectivity index (χ4v) is 2.43. The molecule has 1 unspecified atom stereocenters. The number of nitrogens with one attached hydrogen (secondary N) is 1. The number of nitrogens with two attached hydrogens (primary N) is 1. The molecule has 1 aromatic rings. The van der Waals surface area contributed by atoms with E-state index >= 15 is 0 Å². The second kappa shape index (κ2) is 4.65. The minimum Gasteiger partial charge on any atom is -0.397 e. The first-order chi connectivity index (χ1) is 8.37. The summed E-state index contributed by atoms with van der Waals surface area (Å²) in [7, 11) is 1.82. The van der Waals surface area contributed by atoms with Crippen molar-refractivity contribution in [2.24, 2.45) is 7.05 Å². The molecule has 0 spiro atoms. The standard InChI is InChI=1S/C13H21N3O2/c1-13(2)7-10(4-5-18-13)15-12(17)11-6-9(14)8-16(11)3/h6,8,10H,4-5,7,14H2,1-3H3,(H,15,17). The Morgan fingerprint density at radius 2 is 2.33 bits per heavy atom. The van der Waals surface area contributed by atoms with E-state index in [1.807, 2.05) is 20.9 Å². The Morgan fingerprint density at radius 3 is 2.89 bits per heavy atom. The van der Waals surface area contributed by atoms with Crippen LogP contribution in [0.1, 0.15) is 37.2 Å². The molecule has 1 aromatic heterocycles. The number of hydrogen-bond donors (Lipinski definition) is 2. The van der Waals surface area contributed by atoms with Crippen molar-refractivity contribution >= 4 is 11.6 Å². The van der Waals surface area contributed by atoms with Crippen LogP contribution in [0.3, 0.4) is 0 Å². The van der Waals surface area contributed by atoms with Gasteiger partial charge >= 0.3 is 0 Å². The summed E-state index contributed by atoms with van der Waals surface area (Å²) in [5, 5.41) is 3.05. The van der Waals surface area contributed by atoms with Crippen LogP contribution in [-0.2, 0) is 11.8 Å². The molecule has 2 rings (SSSR count). The lowest BCUT2D eigenvalue weighted by molar-refractivity contribution is -0.0615. The second-order valence-corrected chi connectivity index (χ2v) is 5.54. The SMILES string of the molecule is Cn1cc(N)cc1C(=O)NC1CCOC(C)(C)C1. The van der Waals surface area contributed by atoms with Crippen molar-refractivity contribution in [2.45, 2.75) is 38.3 Å². The number of aryl methyl sites for hydroxylation is 1. The zero-order valence-corrected chi connectivity index (χ0v) is 11.2. The minimum absolute atomic E-state index is 0.0723. The highest BCUT2D eigenvalue weighted by Crippen LogP contribution is 2.24. The van der Waals surface area contributed by atoms with E-state index in [2.05, 4.69) is 5.32 Å². The Bertz CT molecular complexity index is 451. The predicted molar refractivity (Wildman–Crippen MR) is 70.3 cm³/mol. The van der Waals surface area contributed by atoms with Gasteiger partial charge in [-0.1, -0.05) is 0 Å². The largest absolute Gasteiger partial charge is 0.397 e. The van der Waals surface area contributed by atoms with Crippen molar-refractivity contribution in [2.75, 3.05) is 12.3 Å². The van der Waals surface area contributed by atoms with Crippen molar-refractivity contribution in [1.29, 1.82) is 0 Å². The van der Waals surface area contributed by atoms with Crippen molar-refractivity contribution in [3.8, 4) is 0 Å². The summed E-state index contributed by atoms with van der Waals surface area (Å²) >= 11 is 0. The number of rotatable bonds is 2. The van der Waals surface area contributed by atoms with Gasteiger partial charge in [-0.3, -0.25) is 4.79 Å². The number of aromatic nitrogens is 1. The van der Waals surface area contributed by atoms with Crippen molar-refractivity contribution in [3.05, 3.63) is 18.0 Å². The third-order valence-corrected chi connectivity index (χ3v) is 3.29. The van der Waals surface area contributed by atoms with E-state index < -0.39 is 0 Å². The molecule has 18 heavy (non-hydrogen) atoms. The van der Waals surface area contributed by atoms with Gasteiger partial charge in [0.2, 0.25) is 0 Å². The summed E-state index contributed by atoms with van der Waals surface area (Å²) in [6, 6.07) is 1.86. The number of nitrogens with zero attached hydrogens (tertiary/aromatic N) is 1. The number of carbonyl (C=O) groups is 1. The lowest BCUT2D eigenvalue weighted by atomic mass is 9.94. The molecule has 1 fully saturated rings. The van der Waals surface area contributed by atoms with E-state index in [-0.39, 0.29) is 17.6 Å². The lowest BCUT2D eigenvalue weighted by Crippen LogP contribution is -2.46. The fourth-order valence-electron chi connectivity index (χ4n) is 2.43. The normalized spacial score (nSPS) is 22.7. The molecule has 1 aliphatic heterocycles. The molecule has 1 aliphatic rings. The molecule has 0 saturated carbocycles. The Morgan fingerprint density at radius 1 is 1.61 bits per heavy atom. The molecule has 5 heteroatoms. The summed E-state index contributed by atoms with van der Waals surface area (Å²) in [6.07, 6.45) is 3.43. The van der Waals surface area contributed by atoms with Crippen LogP contribution in [0.4, 0.5) is 5.69 Å². The smallest absolute Gasteiger partial charge is 0.268 e. The van der Waals surface area contributed by atoms with Crippen LogP contribution in [0.25, 0.3) is 0 Å². The maximum atomic E-state index is 12.1. The van der Waals surface area contributed by atoms with Gasteiger partial charge in [0.1, 0.15) is 5.69 Å². The Labute approximate surface area is 107 Å². The molecular weight excluding hydrogens is 230 g/mol. The summed E-state index contributed by atoms with van der Waals surface area (Å²) in [5.41, 5.74) is 6.71. The number of carbonyl (C=O) groups excluding carboxylic acids is 1. The number of anilines is 1. The molecule has 100 valence electrons.